The number of fused-ring (bicyclic) bond motifs is 2. The van der Waals surface area contributed by atoms with E-state index >= 15 is 0 Å². The van der Waals surface area contributed by atoms with Crippen LogP contribution < -0.4 is 15.8 Å². The summed E-state index contributed by atoms with van der Waals surface area (Å²) in [4.78, 5) is 22.3. The van der Waals surface area contributed by atoms with Crippen molar-refractivity contribution >= 4 is 11.7 Å². The van der Waals surface area contributed by atoms with Crippen LogP contribution in [0.4, 0.5) is 14.6 Å². The van der Waals surface area contributed by atoms with Gasteiger partial charge in [-0.3, -0.25) is 9.69 Å². The number of nitrogens with two attached hydrogens (primary N) is 1. The van der Waals surface area contributed by atoms with Crippen molar-refractivity contribution in [2.45, 2.75) is 12.5 Å². The zero-order valence-electron chi connectivity index (χ0n) is 17.6. The molecule has 7 nitrogen and oxygen atoms in total. The average Bonchev–Trinajstić information content (AvgIpc) is 3.17. The number of hydrogen-bond acceptors (Lipinski definition) is 6. The summed E-state index contributed by atoms with van der Waals surface area (Å²) in [6.45, 7) is 0.920. The van der Waals surface area contributed by atoms with Crippen molar-refractivity contribution in [1.82, 2.24) is 20.2 Å². The van der Waals surface area contributed by atoms with Crippen LogP contribution in [0, 0.1) is 11.8 Å². The number of benzene rings is 2. The van der Waals surface area contributed by atoms with Gasteiger partial charge in [0.1, 0.15) is 29.6 Å². The number of amides is 1. The van der Waals surface area contributed by atoms with Gasteiger partial charge in [-0.25, -0.2) is 9.37 Å². The molecule has 2 aliphatic rings. The van der Waals surface area contributed by atoms with Crippen LogP contribution in [0.2, 0.25) is 0 Å². The first-order valence-corrected chi connectivity index (χ1v) is 10.2. The van der Waals surface area contributed by atoms with Gasteiger partial charge in [-0.2, -0.15) is 9.37 Å². The van der Waals surface area contributed by atoms with E-state index in [2.05, 4.69) is 15.3 Å². The van der Waals surface area contributed by atoms with Gasteiger partial charge in [0.2, 0.25) is 5.95 Å². The lowest BCUT2D eigenvalue weighted by molar-refractivity contribution is 0.0941. The molecular weight excluding hydrogens is 416 g/mol. The summed E-state index contributed by atoms with van der Waals surface area (Å²) in [5.41, 5.74) is 8.50. The number of ether oxygens (including phenoxy) is 1. The summed E-state index contributed by atoms with van der Waals surface area (Å²) >= 11 is 0. The maximum absolute atomic E-state index is 14.8. The van der Waals surface area contributed by atoms with Gasteiger partial charge in [-0.05, 0) is 56.4 Å². The molecule has 2 aliphatic heterocycles. The number of likely N-dealkylation sites (N-methyl/N-ethyl adjacent to an activating group) is 1. The fourth-order valence-electron chi connectivity index (χ4n) is 4.25. The molecule has 2 aromatic carbocycles. The Morgan fingerprint density at radius 3 is 2.72 bits per heavy atom. The Morgan fingerprint density at radius 2 is 1.94 bits per heavy atom. The number of anilines is 1. The number of nitrogens with zero attached hydrogens (tertiary/aromatic N) is 3. The van der Waals surface area contributed by atoms with Gasteiger partial charge in [-0.1, -0.05) is 0 Å². The third kappa shape index (κ3) is 3.25. The molecule has 0 spiro atoms. The molecule has 3 aromatic rings. The first kappa shape index (κ1) is 20.3. The minimum atomic E-state index is -0.815. The molecular formula is C23H21F2N5O2. The Labute approximate surface area is 183 Å². The molecule has 164 valence electrons. The first-order valence-electron chi connectivity index (χ1n) is 10.2. The Morgan fingerprint density at radius 1 is 1.12 bits per heavy atom. The molecule has 0 fully saturated rings. The zero-order valence-corrected chi connectivity index (χ0v) is 17.6. The van der Waals surface area contributed by atoms with E-state index in [-0.39, 0.29) is 28.8 Å². The van der Waals surface area contributed by atoms with Gasteiger partial charge in [0.05, 0.1) is 11.6 Å². The van der Waals surface area contributed by atoms with Crippen molar-refractivity contribution in [2.75, 3.05) is 33.0 Å². The van der Waals surface area contributed by atoms with Crippen molar-refractivity contribution in [1.29, 1.82) is 0 Å². The largest absolute Gasteiger partial charge is 0.491 e. The van der Waals surface area contributed by atoms with Crippen molar-refractivity contribution in [2.24, 2.45) is 0 Å². The normalized spacial score (nSPS) is 17.0. The SMILES string of the molecule is CN(C)[C@@H]1COc2ccc(-c3nc(-c4cc(F)c5c(c4)CCNC5=O)c(N)nc3F)cc21. The fraction of sp³-hybridized carbons (Fsp3) is 0.261. The summed E-state index contributed by atoms with van der Waals surface area (Å²) < 4.78 is 35.3. The molecule has 5 rings (SSSR count). The molecule has 32 heavy (non-hydrogen) atoms. The van der Waals surface area contributed by atoms with Crippen LogP contribution in [0.25, 0.3) is 22.5 Å². The van der Waals surface area contributed by atoms with Gasteiger partial charge in [0, 0.05) is 23.2 Å². The van der Waals surface area contributed by atoms with Crippen molar-refractivity contribution in [3.8, 4) is 28.3 Å². The van der Waals surface area contributed by atoms with E-state index in [0.717, 1.165) is 11.3 Å². The van der Waals surface area contributed by atoms with Crippen LogP contribution in [-0.4, -0.2) is 48.0 Å². The summed E-state index contributed by atoms with van der Waals surface area (Å²) in [6.07, 6.45) is 0.476. The van der Waals surface area contributed by atoms with Crippen LogP contribution in [0.1, 0.15) is 27.5 Å². The van der Waals surface area contributed by atoms with Crippen LogP contribution in [0.3, 0.4) is 0 Å². The van der Waals surface area contributed by atoms with E-state index in [1.165, 1.54) is 6.07 Å². The second kappa shape index (κ2) is 7.52. The lowest BCUT2D eigenvalue weighted by atomic mass is 9.95. The predicted molar refractivity (Wildman–Crippen MR) is 115 cm³/mol. The van der Waals surface area contributed by atoms with E-state index in [9.17, 15) is 13.6 Å². The highest BCUT2D eigenvalue weighted by atomic mass is 19.1. The quantitative estimate of drug-likeness (QED) is 0.655. The van der Waals surface area contributed by atoms with Gasteiger partial charge < -0.3 is 15.8 Å². The molecule has 1 amide bonds. The molecule has 0 bridgehead atoms. The highest BCUT2D eigenvalue weighted by molar-refractivity contribution is 5.97. The van der Waals surface area contributed by atoms with Gasteiger partial charge in [-0.15, -0.1) is 0 Å². The van der Waals surface area contributed by atoms with Crippen LogP contribution in [0.15, 0.2) is 30.3 Å². The highest BCUT2D eigenvalue weighted by Gasteiger charge is 2.28. The summed E-state index contributed by atoms with van der Waals surface area (Å²) in [7, 11) is 3.89. The second-order valence-corrected chi connectivity index (χ2v) is 8.14. The third-order valence-corrected chi connectivity index (χ3v) is 5.89. The van der Waals surface area contributed by atoms with E-state index < -0.39 is 17.7 Å². The summed E-state index contributed by atoms with van der Waals surface area (Å²) in [5.74, 6) is -1.35. The average molecular weight is 437 g/mol. The standard InChI is InChI=1S/C23H21F2N5O2/c1-30(2)16-10-32-17-4-3-12(8-14(16)17)19-21(25)29-22(26)20(28-19)13-7-11-5-6-27-23(31)18(11)15(24)9-13/h3-4,7-9,16H,5-6,10H2,1-2H3,(H2,26,29)(H,27,31)/t16-/m1/s1. The number of carbonyl (C=O) groups excluding carboxylic acids is 1. The molecule has 0 aliphatic carbocycles. The molecule has 0 saturated carbocycles. The molecule has 3 N–H and O–H groups in total. The Kier molecular flexibility index (Phi) is 4.78. The highest BCUT2D eigenvalue weighted by Crippen LogP contribution is 2.38. The number of nitrogen functional groups attached to an aromatic ring is 1. The number of rotatable bonds is 3. The van der Waals surface area contributed by atoms with Gasteiger partial charge in [0.15, 0.2) is 5.82 Å². The van der Waals surface area contributed by atoms with E-state index in [0.29, 0.717) is 36.3 Å². The lowest BCUT2D eigenvalue weighted by Crippen LogP contribution is -2.32. The monoisotopic (exact) mass is 437 g/mol. The van der Waals surface area contributed by atoms with Crippen LogP contribution in [-0.2, 0) is 6.42 Å². The van der Waals surface area contributed by atoms with E-state index in [1.807, 2.05) is 25.1 Å². The minimum absolute atomic E-state index is 0.0114. The molecule has 9 heteroatoms. The molecule has 0 saturated heterocycles. The smallest absolute Gasteiger partial charge is 0.254 e. The Balaban J connectivity index is 1.62. The van der Waals surface area contributed by atoms with Crippen molar-refractivity contribution < 1.29 is 18.3 Å². The lowest BCUT2D eigenvalue weighted by Gasteiger charge is -2.19. The van der Waals surface area contributed by atoms with E-state index in [1.54, 1.807) is 18.2 Å². The van der Waals surface area contributed by atoms with Crippen LogP contribution in [0.5, 0.6) is 5.75 Å². The van der Waals surface area contributed by atoms with Gasteiger partial charge in [0.25, 0.3) is 5.91 Å². The van der Waals surface area contributed by atoms with Crippen molar-refractivity contribution in [3.63, 3.8) is 0 Å². The Hall–Kier alpha value is -3.59. The maximum atomic E-state index is 14.8. The molecule has 0 radical (unpaired) electrons. The number of carbonyl (C=O) groups is 1. The van der Waals surface area contributed by atoms with Gasteiger partial charge >= 0.3 is 0 Å². The topological polar surface area (TPSA) is 93.4 Å². The first-order chi connectivity index (χ1) is 15.3. The third-order valence-electron chi connectivity index (χ3n) is 5.89. The number of hydrogen-bond donors (Lipinski definition) is 2. The number of nitrogens with one attached hydrogen (secondary N) is 1. The number of halogens is 2. The molecule has 3 heterocycles. The van der Waals surface area contributed by atoms with Crippen molar-refractivity contribution in [3.05, 3.63) is 58.8 Å². The molecule has 1 aromatic heterocycles. The second-order valence-electron chi connectivity index (χ2n) is 8.14. The Bertz CT molecular complexity index is 1260. The molecule has 0 unspecified atom stereocenters. The minimum Gasteiger partial charge on any atom is -0.491 e. The summed E-state index contributed by atoms with van der Waals surface area (Å²) in [6, 6.07) is 8.21. The number of aromatic nitrogens is 2. The zero-order chi connectivity index (χ0) is 22.6. The van der Waals surface area contributed by atoms with E-state index in [4.69, 9.17) is 10.5 Å². The molecule has 1 atom stereocenters. The van der Waals surface area contributed by atoms with Crippen LogP contribution >= 0.6 is 0 Å². The summed E-state index contributed by atoms with van der Waals surface area (Å²) in [5, 5.41) is 2.62. The maximum Gasteiger partial charge on any atom is 0.254 e. The predicted octanol–water partition coefficient (Wildman–Crippen LogP) is 2.95. The fourth-order valence-corrected chi connectivity index (χ4v) is 4.25.